The van der Waals surface area contributed by atoms with Gasteiger partial charge in [0.05, 0.1) is 19.3 Å². The Hall–Kier alpha value is -1.55. The topological polar surface area (TPSA) is 41.6 Å². The molecule has 4 nitrogen and oxygen atoms in total. The maximum absolute atomic E-state index is 12.1. The van der Waals surface area contributed by atoms with Gasteiger partial charge in [0, 0.05) is 0 Å². The third-order valence-electron chi connectivity index (χ3n) is 3.22. The number of carbonyl (C=O) groups excluding carboxylic acids is 1. The fourth-order valence-corrected chi connectivity index (χ4v) is 1.93. The van der Waals surface area contributed by atoms with Crippen molar-refractivity contribution in [3.8, 4) is 5.75 Å². The summed E-state index contributed by atoms with van der Waals surface area (Å²) in [5.41, 5.74) is 0.722. The van der Waals surface area contributed by atoms with Gasteiger partial charge in [-0.05, 0) is 37.6 Å². The Bertz CT molecular complexity index is 419. The average Bonchev–Trinajstić information content (AvgIpc) is 2.43. The molecule has 1 aromatic carbocycles. The summed E-state index contributed by atoms with van der Waals surface area (Å²) in [6, 6.07) is 7.46. The van der Waals surface area contributed by atoms with Crippen molar-refractivity contribution in [1.82, 2.24) is 4.90 Å². The van der Waals surface area contributed by atoms with Crippen molar-refractivity contribution in [2.75, 3.05) is 32.1 Å². The van der Waals surface area contributed by atoms with Crippen molar-refractivity contribution in [3.63, 3.8) is 0 Å². The number of likely N-dealkylation sites (N-methyl/N-ethyl adjacent to an activating group) is 1. The molecule has 0 aliphatic carbocycles. The Labute approximate surface area is 122 Å². The summed E-state index contributed by atoms with van der Waals surface area (Å²) in [6.45, 7) is 8.73. The van der Waals surface area contributed by atoms with E-state index in [0.29, 0.717) is 18.2 Å². The van der Waals surface area contributed by atoms with Crippen molar-refractivity contribution >= 4 is 11.6 Å². The molecule has 0 heterocycles. The van der Waals surface area contributed by atoms with Crippen LogP contribution in [0.2, 0.25) is 0 Å². The molecular weight excluding hydrogens is 252 g/mol. The number of para-hydroxylation sites is 2. The van der Waals surface area contributed by atoms with Gasteiger partial charge in [-0.25, -0.2) is 0 Å². The van der Waals surface area contributed by atoms with Crippen molar-refractivity contribution in [2.24, 2.45) is 5.92 Å². The second-order valence-electron chi connectivity index (χ2n) is 5.30. The van der Waals surface area contributed by atoms with Crippen molar-refractivity contribution in [2.45, 2.75) is 27.2 Å². The van der Waals surface area contributed by atoms with E-state index in [4.69, 9.17) is 4.74 Å². The molecule has 0 aliphatic heterocycles. The van der Waals surface area contributed by atoms with E-state index in [1.165, 1.54) is 0 Å². The molecule has 1 amide bonds. The minimum atomic E-state index is 0.0000983. The first-order valence-corrected chi connectivity index (χ1v) is 7.22. The first-order chi connectivity index (χ1) is 9.56. The Morgan fingerprint density at radius 3 is 2.65 bits per heavy atom. The van der Waals surface area contributed by atoms with Crippen LogP contribution in [0.3, 0.4) is 0 Å². The third kappa shape index (κ3) is 5.61. The second-order valence-corrected chi connectivity index (χ2v) is 5.30. The highest BCUT2D eigenvalue weighted by Gasteiger charge is 2.11. The van der Waals surface area contributed by atoms with Gasteiger partial charge in [0.1, 0.15) is 5.75 Å². The average molecular weight is 278 g/mol. The van der Waals surface area contributed by atoms with Crippen LogP contribution in [0.4, 0.5) is 5.69 Å². The van der Waals surface area contributed by atoms with Gasteiger partial charge in [-0.2, -0.15) is 0 Å². The van der Waals surface area contributed by atoms with Gasteiger partial charge in [0.25, 0.3) is 0 Å². The molecule has 0 unspecified atom stereocenters. The summed E-state index contributed by atoms with van der Waals surface area (Å²) >= 11 is 0. The van der Waals surface area contributed by atoms with Crippen molar-refractivity contribution in [1.29, 1.82) is 0 Å². The van der Waals surface area contributed by atoms with E-state index in [1.807, 2.05) is 24.3 Å². The van der Waals surface area contributed by atoms with Gasteiger partial charge in [-0.1, -0.05) is 32.9 Å². The van der Waals surface area contributed by atoms with E-state index in [1.54, 1.807) is 7.11 Å². The molecular formula is C16H26N2O2. The summed E-state index contributed by atoms with van der Waals surface area (Å²) in [5.74, 6) is 1.34. The second kappa shape index (κ2) is 8.59. The predicted octanol–water partition coefficient (Wildman–Crippen LogP) is 3.00. The fourth-order valence-electron chi connectivity index (χ4n) is 1.93. The van der Waals surface area contributed by atoms with E-state index in [-0.39, 0.29) is 5.91 Å². The summed E-state index contributed by atoms with van der Waals surface area (Å²) in [4.78, 5) is 14.2. The maximum Gasteiger partial charge on any atom is 0.238 e. The highest BCUT2D eigenvalue weighted by atomic mass is 16.5. The molecule has 0 saturated carbocycles. The van der Waals surface area contributed by atoms with E-state index >= 15 is 0 Å². The Kier molecular flexibility index (Phi) is 7.09. The molecule has 0 bridgehead atoms. The molecule has 0 atom stereocenters. The van der Waals surface area contributed by atoms with Crippen LogP contribution in [0, 0.1) is 5.92 Å². The number of nitrogens with zero attached hydrogens (tertiary/aromatic N) is 1. The normalized spacial score (nSPS) is 10.9. The van der Waals surface area contributed by atoms with Crippen molar-refractivity contribution in [3.05, 3.63) is 24.3 Å². The Morgan fingerprint density at radius 2 is 2.05 bits per heavy atom. The van der Waals surface area contributed by atoms with Crippen LogP contribution in [-0.4, -0.2) is 37.6 Å². The SMILES string of the molecule is CCN(CCC(C)C)CC(=O)Nc1ccccc1OC. The van der Waals surface area contributed by atoms with E-state index in [0.717, 1.165) is 25.2 Å². The van der Waals surface area contributed by atoms with Crippen molar-refractivity contribution < 1.29 is 9.53 Å². The zero-order valence-electron chi connectivity index (χ0n) is 13.0. The standard InChI is InChI=1S/C16H26N2O2/c1-5-18(11-10-13(2)3)12-16(19)17-14-8-6-7-9-15(14)20-4/h6-9,13H,5,10-12H2,1-4H3,(H,17,19). The zero-order valence-corrected chi connectivity index (χ0v) is 13.0. The number of hydrogen-bond donors (Lipinski definition) is 1. The van der Waals surface area contributed by atoms with Crippen LogP contribution in [0.15, 0.2) is 24.3 Å². The minimum Gasteiger partial charge on any atom is -0.495 e. The van der Waals surface area contributed by atoms with Gasteiger partial charge in [0.15, 0.2) is 0 Å². The lowest BCUT2D eigenvalue weighted by Gasteiger charge is -2.21. The van der Waals surface area contributed by atoms with Crippen LogP contribution < -0.4 is 10.1 Å². The summed E-state index contributed by atoms with van der Waals surface area (Å²) in [5, 5.41) is 2.91. The Balaban J connectivity index is 2.53. The van der Waals surface area contributed by atoms with Gasteiger partial charge >= 0.3 is 0 Å². The molecule has 0 aliphatic rings. The monoisotopic (exact) mass is 278 g/mol. The van der Waals surface area contributed by atoms with Crippen LogP contribution in [-0.2, 0) is 4.79 Å². The summed E-state index contributed by atoms with van der Waals surface area (Å²) < 4.78 is 5.23. The number of ether oxygens (including phenoxy) is 1. The number of rotatable bonds is 8. The number of carbonyl (C=O) groups is 1. The van der Waals surface area contributed by atoms with Crippen LogP contribution in [0.5, 0.6) is 5.75 Å². The fraction of sp³-hybridized carbons (Fsp3) is 0.562. The summed E-state index contributed by atoms with van der Waals surface area (Å²) in [6.07, 6.45) is 1.11. The van der Waals surface area contributed by atoms with Gasteiger partial charge in [-0.3, -0.25) is 9.69 Å². The molecule has 0 saturated heterocycles. The largest absolute Gasteiger partial charge is 0.495 e. The van der Waals surface area contributed by atoms with Crippen LogP contribution in [0.1, 0.15) is 27.2 Å². The molecule has 112 valence electrons. The Morgan fingerprint density at radius 1 is 1.35 bits per heavy atom. The van der Waals surface area contributed by atoms with Gasteiger partial charge in [0.2, 0.25) is 5.91 Å². The number of benzene rings is 1. The molecule has 0 spiro atoms. The summed E-state index contributed by atoms with van der Waals surface area (Å²) in [7, 11) is 1.60. The first-order valence-electron chi connectivity index (χ1n) is 7.22. The molecule has 1 N–H and O–H groups in total. The van der Waals surface area contributed by atoms with E-state index < -0.39 is 0 Å². The lowest BCUT2D eigenvalue weighted by molar-refractivity contribution is -0.117. The quantitative estimate of drug-likeness (QED) is 0.795. The van der Waals surface area contributed by atoms with Crippen LogP contribution >= 0.6 is 0 Å². The third-order valence-corrected chi connectivity index (χ3v) is 3.22. The number of amides is 1. The van der Waals surface area contributed by atoms with Gasteiger partial charge < -0.3 is 10.1 Å². The lowest BCUT2D eigenvalue weighted by Crippen LogP contribution is -2.34. The molecule has 0 aromatic heterocycles. The molecule has 1 rings (SSSR count). The molecule has 0 radical (unpaired) electrons. The van der Waals surface area contributed by atoms with Crippen LogP contribution in [0.25, 0.3) is 0 Å². The van der Waals surface area contributed by atoms with E-state index in [9.17, 15) is 4.79 Å². The highest BCUT2D eigenvalue weighted by molar-refractivity contribution is 5.93. The number of anilines is 1. The number of nitrogens with one attached hydrogen (secondary N) is 1. The molecule has 1 aromatic rings. The first kappa shape index (κ1) is 16.5. The van der Waals surface area contributed by atoms with Gasteiger partial charge in [-0.15, -0.1) is 0 Å². The lowest BCUT2D eigenvalue weighted by atomic mass is 10.1. The predicted molar refractivity (Wildman–Crippen MR) is 83.2 cm³/mol. The molecule has 20 heavy (non-hydrogen) atoms. The minimum absolute atomic E-state index is 0.0000983. The number of hydrogen-bond acceptors (Lipinski definition) is 3. The number of methoxy groups -OCH3 is 1. The molecule has 0 fully saturated rings. The highest BCUT2D eigenvalue weighted by Crippen LogP contribution is 2.22. The van der Waals surface area contributed by atoms with E-state index in [2.05, 4.69) is 31.0 Å². The zero-order chi connectivity index (χ0) is 15.0. The maximum atomic E-state index is 12.1. The molecule has 4 heteroatoms. The smallest absolute Gasteiger partial charge is 0.238 e.